The minimum absolute atomic E-state index is 0.222. The van der Waals surface area contributed by atoms with Crippen molar-refractivity contribution in [2.75, 3.05) is 0 Å². The molecule has 2 amide bonds. The monoisotopic (exact) mass is 326 g/mol. The van der Waals surface area contributed by atoms with Crippen LogP contribution in [0, 0.1) is 5.92 Å². The molecule has 3 unspecified atom stereocenters. The topological polar surface area (TPSA) is 85.3 Å². The van der Waals surface area contributed by atoms with Crippen LogP contribution in [0.3, 0.4) is 0 Å². The van der Waals surface area contributed by atoms with Gasteiger partial charge in [0.1, 0.15) is 17.6 Å². The third-order valence-corrected chi connectivity index (χ3v) is 4.48. The Bertz CT molecular complexity index is 723. The molecular formula is C19H22N2O3. The van der Waals surface area contributed by atoms with Crippen molar-refractivity contribution in [3.63, 3.8) is 0 Å². The lowest BCUT2D eigenvalue weighted by atomic mass is 10.1. The second-order valence-electron chi connectivity index (χ2n) is 6.44. The zero-order chi connectivity index (χ0) is 17.1. The van der Waals surface area contributed by atoms with Crippen molar-refractivity contribution in [3.05, 3.63) is 59.5 Å². The number of aryl methyl sites for hydroxylation is 1. The second kappa shape index (κ2) is 6.91. The third kappa shape index (κ3) is 3.85. The molecule has 0 spiro atoms. The van der Waals surface area contributed by atoms with Crippen molar-refractivity contribution in [1.29, 1.82) is 0 Å². The highest BCUT2D eigenvalue weighted by molar-refractivity contribution is 5.87. The molecule has 0 saturated heterocycles. The number of hydrogen-bond donors (Lipinski definition) is 2. The molecule has 1 aromatic heterocycles. The van der Waals surface area contributed by atoms with Gasteiger partial charge in [-0.05, 0) is 30.0 Å². The van der Waals surface area contributed by atoms with Gasteiger partial charge in [-0.3, -0.25) is 9.59 Å². The van der Waals surface area contributed by atoms with E-state index in [1.807, 2.05) is 18.2 Å². The van der Waals surface area contributed by atoms with Crippen molar-refractivity contribution in [2.24, 2.45) is 11.7 Å². The van der Waals surface area contributed by atoms with E-state index >= 15 is 0 Å². The first-order valence-corrected chi connectivity index (χ1v) is 8.27. The van der Waals surface area contributed by atoms with E-state index in [4.69, 9.17) is 10.2 Å². The van der Waals surface area contributed by atoms with Crippen LogP contribution in [0.25, 0.3) is 0 Å². The maximum Gasteiger partial charge on any atom is 0.244 e. The molecule has 1 heterocycles. The molecule has 5 heteroatoms. The van der Waals surface area contributed by atoms with Gasteiger partial charge in [0.2, 0.25) is 11.8 Å². The van der Waals surface area contributed by atoms with Crippen molar-refractivity contribution >= 4 is 11.8 Å². The molecule has 0 bridgehead atoms. The highest BCUT2D eigenvalue weighted by Crippen LogP contribution is 2.47. The molecule has 0 aliphatic heterocycles. The fraction of sp³-hybridized carbons (Fsp3) is 0.368. The first-order chi connectivity index (χ1) is 11.5. The van der Waals surface area contributed by atoms with Crippen LogP contribution in [-0.4, -0.2) is 11.8 Å². The molecule has 5 nitrogen and oxygen atoms in total. The Morgan fingerprint density at radius 3 is 2.58 bits per heavy atom. The molecule has 3 rings (SSSR count). The van der Waals surface area contributed by atoms with E-state index in [-0.39, 0.29) is 12.3 Å². The molecule has 1 saturated carbocycles. The Kier molecular flexibility index (Phi) is 4.69. The second-order valence-corrected chi connectivity index (χ2v) is 6.44. The quantitative estimate of drug-likeness (QED) is 0.820. The van der Waals surface area contributed by atoms with Gasteiger partial charge >= 0.3 is 0 Å². The van der Waals surface area contributed by atoms with Crippen molar-refractivity contribution in [3.8, 4) is 0 Å². The van der Waals surface area contributed by atoms with E-state index in [1.54, 1.807) is 24.3 Å². The average molecular weight is 326 g/mol. The zero-order valence-corrected chi connectivity index (χ0v) is 13.7. The van der Waals surface area contributed by atoms with Crippen LogP contribution in [0.1, 0.15) is 48.8 Å². The van der Waals surface area contributed by atoms with Crippen LogP contribution >= 0.6 is 0 Å². The first-order valence-electron chi connectivity index (χ1n) is 8.27. The normalized spacial score (nSPS) is 20.4. The van der Waals surface area contributed by atoms with Gasteiger partial charge in [0.25, 0.3) is 0 Å². The lowest BCUT2D eigenvalue weighted by Gasteiger charge is -2.15. The van der Waals surface area contributed by atoms with Crippen LogP contribution in [0.2, 0.25) is 0 Å². The van der Waals surface area contributed by atoms with Crippen LogP contribution in [0.4, 0.5) is 0 Å². The number of rotatable bonds is 7. The number of carbonyl (C=O) groups is 2. The largest absolute Gasteiger partial charge is 0.466 e. The molecule has 0 radical (unpaired) electrons. The van der Waals surface area contributed by atoms with Gasteiger partial charge in [0.15, 0.2) is 0 Å². The Morgan fingerprint density at radius 2 is 1.96 bits per heavy atom. The lowest BCUT2D eigenvalue weighted by molar-refractivity contribution is -0.127. The average Bonchev–Trinajstić information content (AvgIpc) is 3.11. The van der Waals surface area contributed by atoms with E-state index in [0.29, 0.717) is 23.8 Å². The summed E-state index contributed by atoms with van der Waals surface area (Å²) in [5.41, 5.74) is 6.09. The van der Waals surface area contributed by atoms with Crippen molar-refractivity contribution in [1.82, 2.24) is 5.32 Å². The summed E-state index contributed by atoms with van der Waals surface area (Å²) in [6, 6.07) is 12.1. The van der Waals surface area contributed by atoms with E-state index in [9.17, 15) is 9.59 Å². The van der Waals surface area contributed by atoms with Gasteiger partial charge in [-0.1, -0.05) is 37.3 Å². The number of carbonyl (C=O) groups excluding carboxylic acids is 2. The number of furan rings is 1. The predicted octanol–water partition coefficient (Wildman–Crippen LogP) is 2.68. The standard InChI is InChI=1S/C19H22N2O3/c1-12-11-15(12)16-9-7-14(24-16)8-10-17(22)21-18(19(20)23)13-5-3-2-4-6-13/h2-7,9,12,15,18H,8,10-11H2,1H3,(H2,20,23)(H,21,22). The molecule has 1 fully saturated rings. The number of primary amides is 1. The Morgan fingerprint density at radius 1 is 1.25 bits per heavy atom. The minimum Gasteiger partial charge on any atom is -0.466 e. The summed E-state index contributed by atoms with van der Waals surface area (Å²) in [7, 11) is 0. The van der Waals surface area contributed by atoms with E-state index < -0.39 is 11.9 Å². The van der Waals surface area contributed by atoms with Gasteiger partial charge < -0.3 is 15.5 Å². The summed E-state index contributed by atoms with van der Waals surface area (Å²) < 4.78 is 5.79. The summed E-state index contributed by atoms with van der Waals surface area (Å²) in [5.74, 6) is 2.24. The lowest BCUT2D eigenvalue weighted by Crippen LogP contribution is -2.37. The molecule has 2 aromatic rings. The Labute approximate surface area is 141 Å². The molecule has 24 heavy (non-hydrogen) atoms. The maximum atomic E-state index is 12.1. The molecule has 3 N–H and O–H groups in total. The number of hydrogen-bond acceptors (Lipinski definition) is 3. The fourth-order valence-corrected chi connectivity index (χ4v) is 2.88. The summed E-state index contributed by atoms with van der Waals surface area (Å²) in [5, 5.41) is 2.70. The van der Waals surface area contributed by atoms with E-state index in [2.05, 4.69) is 12.2 Å². The summed E-state index contributed by atoms with van der Waals surface area (Å²) in [6.07, 6.45) is 1.93. The van der Waals surface area contributed by atoms with Gasteiger partial charge in [-0.25, -0.2) is 0 Å². The van der Waals surface area contributed by atoms with Crippen molar-refractivity contribution in [2.45, 2.75) is 38.1 Å². The highest BCUT2D eigenvalue weighted by Gasteiger charge is 2.36. The predicted molar refractivity (Wildman–Crippen MR) is 90.1 cm³/mol. The molecule has 1 aliphatic carbocycles. The number of nitrogens with two attached hydrogens (primary N) is 1. The summed E-state index contributed by atoms with van der Waals surface area (Å²) >= 11 is 0. The molecule has 126 valence electrons. The highest BCUT2D eigenvalue weighted by atomic mass is 16.3. The number of benzene rings is 1. The minimum atomic E-state index is -0.807. The SMILES string of the molecule is CC1CC1c1ccc(CCC(=O)NC(C(N)=O)c2ccccc2)o1. The molecule has 1 aromatic carbocycles. The van der Waals surface area contributed by atoms with Crippen LogP contribution in [-0.2, 0) is 16.0 Å². The first kappa shape index (κ1) is 16.3. The number of nitrogens with one attached hydrogen (secondary N) is 1. The maximum absolute atomic E-state index is 12.1. The van der Waals surface area contributed by atoms with Gasteiger partial charge in [0, 0.05) is 18.8 Å². The van der Waals surface area contributed by atoms with Crippen molar-refractivity contribution < 1.29 is 14.0 Å². The van der Waals surface area contributed by atoms with E-state index in [1.165, 1.54) is 6.42 Å². The summed E-state index contributed by atoms with van der Waals surface area (Å²) in [6.45, 7) is 2.20. The molecule has 3 atom stereocenters. The fourth-order valence-electron chi connectivity index (χ4n) is 2.88. The van der Waals surface area contributed by atoms with Gasteiger partial charge in [-0.2, -0.15) is 0 Å². The molecule has 1 aliphatic rings. The smallest absolute Gasteiger partial charge is 0.244 e. The van der Waals surface area contributed by atoms with E-state index in [0.717, 1.165) is 11.5 Å². The zero-order valence-electron chi connectivity index (χ0n) is 13.7. The van der Waals surface area contributed by atoms with Crippen LogP contribution in [0.15, 0.2) is 46.9 Å². The van der Waals surface area contributed by atoms with Gasteiger partial charge in [0.05, 0.1) is 0 Å². The van der Waals surface area contributed by atoms with Gasteiger partial charge in [-0.15, -0.1) is 0 Å². The third-order valence-electron chi connectivity index (χ3n) is 4.48. The van der Waals surface area contributed by atoms with Crippen LogP contribution < -0.4 is 11.1 Å². The summed E-state index contributed by atoms with van der Waals surface area (Å²) in [4.78, 5) is 23.8. The Balaban J connectivity index is 1.54. The van der Waals surface area contributed by atoms with Crippen LogP contribution in [0.5, 0.6) is 0 Å². The Hall–Kier alpha value is -2.56. The molecular weight excluding hydrogens is 304 g/mol. The number of amides is 2.